The first kappa shape index (κ1) is 9.69. The molecule has 0 spiro atoms. The average Bonchev–Trinajstić information content (AvgIpc) is 1.81. The first-order valence-electron chi connectivity index (χ1n) is 3.14. The Morgan fingerprint density at radius 2 is 2.30 bits per heavy atom. The zero-order valence-electron chi connectivity index (χ0n) is 5.93. The van der Waals surface area contributed by atoms with Crippen molar-refractivity contribution in [3.05, 3.63) is 11.1 Å². The van der Waals surface area contributed by atoms with E-state index in [9.17, 15) is 4.79 Å². The van der Waals surface area contributed by atoms with Crippen molar-refractivity contribution < 1.29 is 9.90 Å². The zero-order valence-corrected chi connectivity index (χ0v) is 7.52. The molecule has 0 aliphatic carbocycles. The van der Waals surface area contributed by atoms with E-state index >= 15 is 0 Å². The third kappa shape index (κ3) is 3.67. The minimum atomic E-state index is -0.747. The highest BCUT2D eigenvalue weighted by molar-refractivity contribution is 9.11. The summed E-state index contributed by atoms with van der Waals surface area (Å²) in [6.07, 6.45) is 1.17. The third-order valence-electron chi connectivity index (χ3n) is 1.31. The molecule has 0 aromatic rings. The second-order valence-electron chi connectivity index (χ2n) is 2.16. The number of rotatable bonds is 4. The minimum Gasteiger partial charge on any atom is -0.481 e. The van der Waals surface area contributed by atoms with Gasteiger partial charge in [0.15, 0.2) is 0 Å². The highest BCUT2D eigenvalue weighted by Gasteiger charge is 2.14. The number of halogens is 1. The fourth-order valence-corrected chi connectivity index (χ4v) is 1.06. The molecule has 0 heterocycles. The van der Waals surface area contributed by atoms with Crippen LogP contribution in [0.25, 0.3) is 0 Å². The van der Waals surface area contributed by atoms with Gasteiger partial charge in [0.1, 0.15) is 0 Å². The molecule has 1 unspecified atom stereocenters. The highest BCUT2D eigenvalue weighted by atomic mass is 79.9. The van der Waals surface area contributed by atoms with Crippen LogP contribution in [-0.2, 0) is 4.79 Å². The fraction of sp³-hybridized carbons (Fsp3) is 0.571. The molecule has 1 atom stereocenters. The van der Waals surface area contributed by atoms with Crippen molar-refractivity contribution >= 4 is 21.9 Å². The number of aliphatic carboxylic acids is 1. The van der Waals surface area contributed by atoms with Crippen molar-refractivity contribution in [1.29, 1.82) is 0 Å². The van der Waals surface area contributed by atoms with Gasteiger partial charge in [-0.25, -0.2) is 0 Å². The van der Waals surface area contributed by atoms with Crippen LogP contribution >= 0.6 is 15.9 Å². The smallest absolute Gasteiger partial charge is 0.306 e. The molecule has 0 saturated carbocycles. The first-order valence-corrected chi connectivity index (χ1v) is 3.93. The Balaban J connectivity index is 3.83. The summed E-state index contributed by atoms with van der Waals surface area (Å²) in [5.41, 5.74) is 0. The number of carbonyl (C=O) groups is 1. The van der Waals surface area contributed by atoms with E-state index in [1.165, 1.54) is 0 Å². The summed E-state index contributed by atoms with van der Waals surface area (Å²) in [6, 6.07) is 0. The molecule has 0 rings (SSSR count). The molecule has 2 nitrogen and oxygen atoms in total. The van der Waals surface area contributed by atoms with Crippen LogP contribution in [0.5, 0.6) is 0 Å². The predicted octanol–water partition coefficient (Wildman–Crippen LogP) is 2.40. The van der Waals surface area contributed by atoms with Gasteiger partial charge in [-0.15, -0.1) is 0 Å². The van der Waals surface area contributed by atoms with E-state index in [0.717, 1.165) is 4.48 Å². The van der Waals surface area contributed by atoms with Gasteiger partial charge in [0.25, 0.3) is 0 Å². The predicted molar refractivity (Wildman–Crippen MR) is 44.1 cm³/mol. The maximum Gasteiger partial charge on any atom is 0.306 e. The van der Waals surface area contributed by atoms with Gasteiger partial charge in [-0.1, -0.05) is 29.4 Å². The lowest BCUT2D eigenvalue weighted by Crippen LogP contribution is -2.11. The normalized spacial score (nSPS) is 12.6. The van der Waals surface area contributed by atoms with Gasteiger partial charge >= 0.3 is 5.97 Å². The minimum absolute atomic E-state index is 0.285. The van der Waals surface area contributed by atoms with Crippen LogP contribution in [0.15, 0.2) is 11.1 Å². The van der Waals surface area contributed by atoms with E-state index in [4.69, 9.17) is 5.11 Å². The van der Waals surface area contributed by atoms with Crippen LogP contribution in [-0.4, -0.2) is 11.1 Å². The maximum atomic E-state index is 10.4. The quantitative estimate of drug-likeness (QED) is 0.768. The summed E-state index contributed by atoms with van der Waals surface area (Å²) in [5, 5.41) is 8.56. The first-order chi connectivity index (χ1) is 4.57. The maximum absolute atomic E-state index is 10.4. The molecule has 10 heavy (non-hydrogen) atoms. The zero-order chi connectivity index (χ0) is 8.15. The van der Waals surface area contributed by atoms with E-state index in [-0.39, 0.29) is 5.92 Å². The molecule has 0 aliphatic rings. The van der Waals surface area contributed by atoms with Gasteiger partial charge in [0, 0.05) is 0 Å². The lowest BCUT2D eigenvalue weighted by molar-refractivity contribution is -0.141. The second kappa shape index (κ2) is 4.50. The molecule has 0 saturated heterocycles. The Kier molecular flexibility index (Phi) is 4.36. The van der Waals surface area contributed by atoms with Crippen LogP contribution in [0, 0.1) is 5.92 Å². The Morgan fingerprint density at radius 1 is 1.80 bits per heavy atom. The summed E-state index contributed by atoms with van der Waals surface area (Å²) in [6.45, 7) is 5.43. The van der Waals surface area contributed by atoms with E-state index in [1.54, 1.807) is 0 Å². The van der Waals surface area contributed by atoms with Crippen molar-refractivity contribution in [2.75, 3.05) is 0 Å². The second-order valence-corrected chi connectivity index (χ2v) is 3.29. The highest BCUT2D eigenvalue weighted by Crippen LogP contribution is 2.17. The molecule has 1 N–H and O–H groups in total. The summed E-state index contributed by atoms with van der Waals surface area (Å²) in [4.78, 5) is 10.4. The number of allylic oxidation sites excluding steroid dienone is 1. The van der Waals surface area contributed by atoms with Gasteiger partial charge in [-0.2, -0.15) is 0 Å². The van der Waals surface area contributed by atoms with Crippen LogP contribution in [0.1, 0.15) is 19.8 Å². The van der Waals surface area contributed by atoms with Crippen LogP contribution in [0.3, 0.4) is 0 Å². The van der Waals surface area contributed by atoms with Crippen molar-refractivity contribution in [1.82, 2.24) is 0 Å². The number of carboxylic acid groups (broad SMARTS) is 1. The molecule has 3 heteroatoms. The van der Waals surface area contributed by atoms with Crippen molar-refractivity contribution in [2.24, 2.45) is 5.92 Å². The SMILES string of the molecule is C=C(Br)CC(CC)C(=O)O. The summed E-state index contributed by atoms with van der Waals surface area (Å²) < 4.78 is 0.752. The van der Waals surface area contributed by atoms with E-state index < -0.39 is 5.97 Å². The van der Waals surface area contributed by atoms with Crippen molar-refractivity contribution in [2.45, 2.75) is 19.8 Å². The molecular formula is C7H11BrO2. The van der Waals surface area contributed by atoms with E-state index in [0.29, 0.717) is 12.8 Å². The molecule has 0 aliphatic heterocycles. The monoisotopic (exact) mass is 206 g/mol. The Hall–Kier alpha value is -0.310. The lowest BCUT2D eigenvalue weighted by Gasteiger charge is -2.06. The standard InChI is InChI=1S/C7H11BrO2/c1-3-6(7(9)10)4-5(2)8/h6H,2-4H2,1H3,(H,9,10). The summed E-state index contributed by atoms with van der Waals surface area (Å²) in [5.74, 6) is -1.03. The molecule has 0 amide bonds. The Bertz CT molecular complexity index is 143. The van der Waals surface area contributed by atoms with Crippen LogP contribution in [0.4, 0.5) is 0 Å². The number of hydrogen-bond acceptors (Lipinski definition) is 1. The van der Waals surface area contributed by atoms with Gasteiger partial charge in [0.2, 0.25) is 0 Å². The summed E-state index contributed by atoms with van der Waals surface area (Å²) >= 11 is 3.13. The van der Waals surface area contributed by atoms with Gasteiger partial charge in [0.05, 0.1) is 5.92 Å². The molecule has 0 radical (unpaired) electrons. The molecule has 0 aromatic carbocycles. The van der Waals surface area contributed by atoms with Gasteiger partial charge in [-0.05, 0) is 17.3 Å². The molecular weight excluding hydrogens is 196 g/mol. The Labute approximate surface area is 69.1 Å². The number of carboxylic acids is 1. The van der Waals surface area contributed by atoms with Gasteiger partial charge < -0.3 is 5.11 Å². The lowest BCUT2D eigenvalue weighted by atomic mass is 10.0. The van der Waals surface area contributed by atoms with Crippen molar-refractivity contribution in [3.8, 4) is 0 Å². The van der Waals surface area contributed by atoms with Crippen LogP contribution in [0.2, 0.25) is 0 Å². The topological polar surface area (TPSA) is 37.3 Å². The third-order valence-corrected chi connectivity index (χ3v) is 1.63. The van der Waals surface area contributed by atoms with Crippen LogP contribution < -0.4 is 0 Å². The van der Waals surface area contributed by atoms with E-state index in [2.05, 4.69) is 22.5 Å². The average molecular weight is 207 g/mol. The summed E-state index contributed by atoms with van der Waals surface area (Å²) in [7, 11) is 0. The molecule has 0 fully saturated rings. The fourth-order valence-electron chi connectivity index (χ4n) is 0.674. The molecule has 0 bridgehead atoms. The van der Waals surface area contributed by atoms with Gasteiger partial charge in [-0.3, -0.25) is 4.79 Å². The Morgan fingerprint density at radius 3 is 2.40 bits per heavy atom. The number of hydrogen-bond donors (Lipinski definition) is 1. The van der Waals surface area contributed by atoms with Crippen molar-refractivity contribution in [3.63, 3.8) is 0 Å². The largest absolute Gasteiger partial charge is 0.481 e. The molecule has 58 valence electrons. The van der Waals surface area contributed by atoms with E-state index in [1.807, 2.05) is 6.92 Å². The molecule has 0 aromatic heterocycles.